The fraction of sp³-hybridized carbons (Fsp3) is 0.389. The number of carbonyl (C=O) groups is 1. The predicted molar refractivity (Wildman–Crippen MR) is 96.7 cm³/mol. The summed E-state index contributed by atoms with van der Waals surface area (Å²) in [6.07, 6.45) is 3.57. The summed E-state index contributed by atoms with van der Waals surface area (Å²) in [5, 5.41) is 0.682. The maximum absolute atomic E-state index is 12.5. The van der Waals surface area contributed by atoms with Gasteiger partial charge in [0.2, 0.25) is 5.95 Å². The molecule has 6 nitrogen and oxygen atoms in total. The molecule has 2 heterocycles. The molecule has 1 aromatic heterocycles. The highest BCUT2D eigenvalue weighted by Crippen LogP contribution is 2.26. The molecule has 2 N–H and O–H groups in total. The molecule has 0 saturated carbocycles. The van der Waals surface area contributed by atoms with E-state index in [1.54, 1.807) is 18.3 Å². The van der Waals surface area contributed by atoms with Crippen LogP contribution in [-0.2, 0) is 4.79 Å². The van der Waals surface area contributed by atoms with E-state index in [2.05, 4.69) is 9.97 Å². The lowest BCUT2D eigenvalue weighted by atomic mass is 9.94. The number of amides is 1. The van der Waals surface area contributed by atoms with Gasteiger partial charge in [0.15, 0.2) is 6.61 Å². The highest BCUT2D eigenvalue weighted by Gasteiger charge is 2.26. The van der Waals surface area contributed by atoms with Gasteiger partial charge < -0.3 is 15.4 Å². The number of halogens is 1. The highest BCUT2D eigenvalue weighted by molar-refractivity contribution is 6.31. The molecule has 1 saturated heterocycles. The Morgan fingerprint density at radius 2 is 2.28 bits per heavy atom. The van der Waals surface area contributed by atoms with Crippen molar-refractivity contribution < 1.29 is 9.53 Å². The van der Waals surface area contributed by atoms with E-state index in [9.17, 15) is 4.79 Å². The second-order valence-corrected chi connectivity index (χ2v) is 6.63. The summed E-state index contributed by atoms with van der Waals surface area (Å²) in [7, 11) is 0. The lowest BCUT2D eigenvalue weighted by molar-refractivity contribution is -0.134. The molecule has 1 fully saturated rings. The molecule has 1 atom stereocenters. The molecule has 1 aromatic carbocycles. The van der Waals surface area contributed by atoms with Crippen molar-refractivity contribution in [1.29, 1.82) is 0 Å². The Bertz CT molecular complexity index is 768. The Kier molecular flexibility index (Phi) is 5.38. The van der Waals surface area contributed by atoms with E-state index in [1.165, 1.54) is 0 Å². The number of benzene rings is 1. The molecule has 3 rings (SSSR count). The van der Waals surface area contributed by atoms with Gasteiger partial charge in [-0.3, -0.25) is 4.79 Å². The van der Waals surface area contributed by atoms with E-state index < -0.39 is 0 Å². The molecule has 1 aliphatic rings. The zero-order valence-electron chi connectivity index (χ0n) is 14.1. The molecule has 0 unspecified atom stereocenters. The molecule has 25 heavy (non-hydrogen) atoms. The molecule has 132 valence electrons. The third-order valence-electron chi connectivity index (χ3n) is 4.38. The number of nitrogen functional groups attached to an aromatic ring is 1. The Morgan fingerprint density at radius 1 is 1.44 bits per heavy atom. The molecule has 1 amide bonds. The minimum absolute atomic E-state index is 0.0136. The SMILES string of the molecule is Cc1cc(OCC(=O)N2CCC[C@@H](c3ccnc(N)n3)C2)ccc1Cl. The first kappa shape index (κ1) is 17.5. The van der Waals surface area contributed by atoms with Crippen molar-refractivity contribution in [2.24, 2.45) is 0 Å². The Morgan fingerprint density at radius 3 is 3.04 bits per heavy atom. The number of carbonyl (C=O) groups excluding carboxylic acids is 1. The number of nitrogens with zero attached hydrogens (tertiary/aromatic N) is 3. The van der Waals surface area contributed by atoms with Crippen LogP contribution in [0.4, 0.5) is 5.95 Å². The monoisotopic (exact) mass is 360 g/mol. The number of hydrogen-bond acceptors (Lipinski definition) is 5. The van der Waals surface area contributed by atoms with E-state index in [0.29, 0.717) is 17.3 Å². The average Bonchev–Trinajstić information content (AvgIpc) is 2.62. The first-order chi connectivity index (χ1) is 12.0. The van der Waals surface area contributed by atoms with Crippen LogP contribution in [0, 0.1) is 6.92 Å². The van der Waals surface area contributed by atoms with Gasteiger partial charge in [0.25, 0.3) is 5.91 Å². The molecule has 2 aromatic rings. The van der Waals surface area contributed by atoms with Gasteiger partial charge in [-0.1, -0.05) is 11.6 Å². The molecule has 0 aliphatic carbocycles. The number of rotatable bonds is 4. The van der Waals surface area contributed by atoms with Crippen molar-refractivity contribution in [2.75, 3.05) is 25.4 Å². The van der Waals surface area contributed by atoms with E-state index in [1.807, 2.05) is 24.0 Å². The lowest BCUT2D eigenvalue weighted by Crippen LogP contribution is -2.41. The largest absolute Gasteiger partial charge is 0.484 e. The molecule has 7 heteroatoms. The number of aryl methyl sites for hydroxylation is 1. The zero-order chi connectivity index (χ0) is 17.8. The molecule has 0 bridgehead atoms. The van der Waals surface area contributed by atoms with Crippen molar-refractivity contribution in [3.05, 3.63) is 46.7 Å². The Hall–Kier alpha value is -2.34. The van der Waals surface area contributed by atoms with Crippen molar-refractivity contribution >= 4 is 23.5 Å². The van der Waals surface area contributed by atoms with Crippen LogP contribution in [0.5, 0.6) is 5.75 Å². The summed E-state index contributed by atoms with van der Waals surface area (Å²) in [6, 6.07) is 7.23. The number of piperidine rings is 1. The maximum atomic E-state index is 12.5. The summed E-state index contributed by atoms with van der Waals surface area (Å²) < 4.78 is 5.62. The van der Waals surface area contributed by atoms with Gasteiger partial charge >= 0.3 is 0 Å². The van der Waals surface area contributed by atoms with Gasteiger partial charge in [0.1, 0.15) is 5.75 Å². The minimum atomic E-state index is -0.0284. The molecule has 1 aliphatic heterocycles. The normalized spacial score (nSPS) is 17.4. The van der Waals surface area contributed by atoms with Gasteiger partial charge in [-0.2, -0.15) is 0 Å². The second kappa shape index (κ2) is 7.70. The number of anilines is 1. The topological polar surface area (TPSA) is 81.3 Å². The number of aromatic nitrogens is 2. The van der Waals surface area contributed by atoms with E-state index in [-0.39, 0.29) is 24.4 Å². The third-order valence-corrected chi connectivity index (χ3v) is 4.80. The van der Waals surface area contributed by atoms with E-state index in [0.717, 1.165) is 30.6 Å². The maximum Gasteiger partial charge on any atom is 0.260 e. The van der Waals surface area contributed by atoms with Crippen molar-refractivity contribution in [3.63, 3.8) is 0 Å². The summed E-state index contributed by atoms with van der Waals surface area (Å²) >= 11 is 6.00. The van der Waals surface area contributed by atoms with Crippen LogP contribution in [0.1, 0.15) is 30.0 Å². The van der Waals surface area contributed by atoms with Crippen LogP contribution in [-0.4, -0.2) is 40.5 Å². The number of ether oxygens (including phenoxy) is 1. The van der Waals surface area contributed by atoms with Crippen molar-refractivity contribution in [3.8, 4) is 5.75 Å². The molecular weight excluding hydrogens is 340 g/mol. The molecule has 0 spiro atoms. The standard InChI is InChI=1S/C18H21ClN4O2/c1-12-9-14(4-5-15(12)19)25-11-17(24)23-8-2-3-13(10-23)16-6-7-21-18(20)22-16/h4-7,9,13H,2-3,8,10-11H2,1H3,(H2,20,21,22)/t13-/m1/s1. The van der Waals surface area contributed by atoms with Gasteiger partial charge in [-0.05, 0) is 49.6 Å². The summed E-state index contributed by atoms with van der Waals surface area (Å²) in [6.45, 7) is 3.27. The third kappa shape index (κ3) is 4.39. The van der Waals surface area contributed by atoms with Gasteiger partial charge in [-0.15, -0.1) is 0 Å². The van der Waals surface area contributed by atoms with Crippen molar-refractivity contribution in [2.45, 2.75) is 25.7 Å². The van der Waals surface area contributed by atoms with E-state index >= 15 is 0 Å². The predicted octanol–water partition coefficient (Wildman–Crippen LogP) is 2.81. The van der Waals surface area contributed by atoms with Gasteiger partial charge in [-0.25, -0.2) is 9.97 Å². The molecule has 0 radical (unpaired) electrons. The van der Waals surface area contributed by atoms with Gasteiger partial charge in [0, 0.05) is 30.2 Å². The zero-order valence-corrected chi connectivity index (χ0v) is 14.9. The summed E-state index contributed by atoms with van der Waals surface area (Å²) in [5.41, 5.74) is 7.47. The van der Waals surface area contributed by atoms with Crippen LogP contribution in [0.15, 0.2) is 30.5 Å². The number of nitrogens with two attached hydrogens (primary N) is 1. The van der Waals surface area contributed by atoms with Crippen molar-refractivity contribution in [1.82, 2.24) is 14.9 Å². The first-order valence-electron chi connectivity index (χ1n) is 8.28. The Labute approximate surface area is 152 Å². The second-order valence-electron chi connectivity index (χ2n) is 6.22. The first-order valence-corrected chi connectivity index (χ1v) is 8.66. The number of likely N-dealkylation sites (tertiary alicyclic amines) is 1. The quantitative estimate of drug-likeness (QED) is 0.906. The minimum Gasteiger partial charge on any atom is -0.484 e. The fourth-order valence-corrected chi connectivity index (χ4v) is 3.12. The highest BCUT2D eigenvalue weighted by atomic mass is 35.5. The molecular formula is C18H21ClN4O2. The van der Waals surface area contributed by atoms with Crippen LogP contribution in [0.25, 0.3) is 0 Å². The Balaban J connectivity index is 1.59. The smallest absolute Gasteiger partial charge is 0.260 e. The summed E-state index contributed by atoms with van der Waals surface area (Å²) in [5.74, 6) is 1.06. The van der Waals surface area contributed by atoms with Crippen LogP contribution < -0.4 is 10.5 Å². The lowest BCUT2D eigenvalue weighted by Gasteiger charge is -2.32. The van der Waals surface area contributed by atoms with Crippen LogP contribution in [0.2, 0.25) is 5.02 Å². The average molecular weight is 361 g/mol. The van der Waals surface area contributed by atoms with Gasteiger partial charge in [0.05, 0.1) is 5.69 Å². The van der Waals surface area contributed by atoms with E-state index in [4.69, 9.17) is 22.1 Å². The van der Waals surface area contributed by atoms with Crippen LogP contribution in [0.3, 0.4) is 0 Å². The van der Waals surface area contributed by atoms with Crippen LogP contribution >= 0.6 is 11.6 Å². The summed E-state index contributed by atoms with van der Waals surface area (Å²) in [4.78, 5) is 22.5. The fourth-order valence-electron chi connectivity index (χ4n) is 3.00. The number of hydrogen-bond donors (Lipinski definition) is 1.